The Bertz CT molecular complexity index is 4160. The van der Waals surface area contributed by atoms with Crippen molar-refractivity contribution < 1.29 is 117 Å². The van der Waals surface area contributed by atoms with Crippen molar-refractivity contribution in [3.8, 4) is 0 Å². The Balaban J connectivity index is 1.39. The SMILES string of the molecule is O=C(O)CC(Nc1nc(Nc2ccc(/C=C/c3ccc(Nc4nc(Nc5cc(S(=O)(=O)O)ccc5S(=O)(=O)O)nc(NC(CC(=O)O)C(=O)O)n4)cc3S(=O)(=O)O)c(S(=O)(=O)O)c2)nc(Nc2cc(S(=O)(=O)O)ccc2S(=O)(=O)O)n1)C(=O)O. The molecule has 0 aliphatic heterocycles. The molecule has 6 aromatic rings. The number of carboxylic acid groups (broad SMARTS) is 4. The van der Waals surface area contributed by atoms with E-state index in [1.807, 2.05) is 0 Å². The fourth-order valence-corrected chi connectivity index (χ4v) is 10.5. The highest BCUT2D eigenvalue weighted by Crippen LogP contribution is 2.32. The smallest absolute Gasteiger partial charge is 0.326 e. The average molecular weight is 1290 g/mol. The number of hydrogen-bond acceptors (Lipinski definition) is 28. The molecule has 84 heavy (non-hydrogen) atoms. The molecule has 0 saturated heterocycles. The van der Waals surface area contributed by atoms with Crippen LogP contribution in [0.1, 0.15) is 24.0 Å². The molecule has 0 saturated carbocycles. The molecule has 2 unspecified atom stereocenters. The maximum atomic E-state index is 12.8. The van der Waals surface area contributed by atoms with E-state index in [0.717, 1.165) is 36.4 Å². The monoisotopic (exact) mass is 1290 g/mol. The minimum atomic E-state index is -5.31. The van der Waals surface area contributed by atoms with E-state index < -0.39 is 197 Å². The summed E-state index contributed by atoms with van der Waals surface area (Å²) in [6.07, 6.45) is -0.427. The molecule has 2 heterocycles. The Morgan fingerprint density at radius 2 is 0.679 bits per heavy atom. The molecule has 4 aromatic carbocycles. The highest BCUT2D eigenvalue weighted by molar-refractivity contribution is 7.87. The first kappa shape index (κ1) is 64.0. The van der Waals surface area contributed by atoms with E-state index in [0.29, 0.717) is 48.5 Å². The summed E-state index contributed by atoms with van der Waals surface area (Å²) in [5.41, 5.74) is -3.29. The van der Waals surface area contributed by atoms with Gasteiger partial charge in [-0.15, -0.1) is 0 Å². The van der Waals surface area contributed by atoms with Crippen LogP contribution < -0.4 is 31.9 Å². The number of carbonyl (C=O) groups is 4. The largest absolute Gasteiger partial charge is 0.481 e. The third-order valence-corrected chi connectivity index (χ3v) is 15.7. The molecule has 0 spiro atoms. The maximum Gasteiger partial charge on any atom is 0.326 e. The van der Waals surface area contributed by atoms with Gasteiger partial charge in [-0.3, -0.25) is 36.9 Å². The van der Waals surface area contributed by atoms with Crippen molar-refractivity contribution in [3.63, 3.8) is 0 Å². The molecule has 0 fully saturated rings. The topological polar surface area (TPSA) is 625 Å². The van der Waals surface area contributed by atoms with Gasteiger partial charge in [0.2, 0.25) is 35.7 Å². The van der Waals surface area contributed by atoms with Crippen molar-refractivity contribution in [2.45, 2.75) is 54.3 Å². The lowest BCUT2D eigenvalue weighted by molar-refractivity contribution is -0.144. The molecule has 0 radical (unpaired) electrons. The summed E-state index contributed by atoms with van der Waals surface area (Å²) < 4.78 is 207. The van der Waals surface area contributed by atoms with Gasteiger partial charge in [-0.1, -0.05) is 24.3 Å². The second-order valence-corrected chi connectivity index (χ2v) is 24.8. The third kappa shape index (κ3) is 17.2. The predicted octanol–water partition coefficient (Wildman–Crippen LogP) is 1.36. The molecule has 0 aliphatic carbocycles. The Labute approximate surface area is 470 Å². The Kier molecular flexibility index (Phi) is 18.5. The average Bonchev–Trinajstić information content (AvgIpc) is 3.43. The fraction of sp³-hybridized carbons (Fsp3) is 0.100. The molecule has 448 valence electrons. The third-order valence-electron chi connectivity index (χ3n) is 10.3. The fourth-order valence-electron chi connectivity index (χ4n) is 6.78. The van der Waals surface area contributed by atoms with Gasteiger partial charge < -0.3 is 52.3 Å². The summed E-state index contributed by atoms with van der Waals surface area (Å²) in [4.78, 5) is 64.1. The van der Waals surface area contributed by atoms with Crippen LogP contribution in [0.2, 0.25) is 0 Å². The number of aromatic nitrogens is 6. The van der Waals surface area contributed by atoms with Gasteiger partial charge in [0, 0.05) is 11.4 Å². The number of rotatable bonds is 26. The first-order valence-electron chi connectivity index (χ1n) is 21.8. The van der Waals surface area contributed by atoms with Gasteiger partial charge in [-0.2, -0.15) is 80.4 Å². The van der Waals surface area contributed by atoms with E-state index in [-0.39, 0.29) is 11.4 Å². The molecule has 6 rings (SSSR count). The van der Waals surface area contributed by atoms with Gasteiger partial charge in [-0.25, -0.2) is 9.59 Å². The predicted molar refractivity (Wildman–Crippen MR) is 281 cm³/mol. The molecule has 0 amide bonds. The first-order valence-corrected chi connectivity index (χ1v) is 30.4. The van der Waals surface area contributed by atoms with Crippen LogP contribution >= 0.6 is 0 Å². The van der Waals surface area contributed by atoms with Gasteiger partial charge in [0.25, 0.3) is 60.7 Å². The van der Waals surface area contributed by atoms with Crippen LogP contribution in [0.25, 0.3) is 12.2 Å². The summed E-state index contributed by atoms with van der Waals surface area (Å²) in [7, 11) is -31.2. The summed E-state index contributed by atoms with van der Waals surface area (Å²) in [5.74, 6) is -11.6. The van der Waals surface area contributed by atoms with Crippen LogP contribution in [-0.2, 0) is 79.9 Å². The molecule has 2 aromatic heterocycles. The van der Waals surface area contributed by atoms with E-state index in [2.05, 4.69) is 61.8 Å². The standard InChI is InChI=1S/C40H36N12O26S6/c53-31(54)15-25(33(57)58)45-39-49-35(47-37(51-39)43-23-13-21(79(61,62)63)7-9-27(23)81(67,68)69)41-19-5-3-17(29(11-19)83(73,74)75)1-2-18-4-6-20(12-30(18)84(76,77)78)42-36-48-38(52-40(50-36)46-26(34(59)60)16-32(55)56)44-24-14-22(80(64,65)66)8-10-28(24)82(70,71)72/h1-14,25-26H,15-16H2,(H,53,54)(H,55,56)(H,57,58)(H,59,60)(H,61,62,63)(H,64,65,66)(H,67,68,69)(H,70,71,72)(H,73,74,75)(H,76,77,78)(H3,41,43,45,47,49,51)(H3,42,44,46,48,50,52)/b2-1+. The lowest BCUT2D eigenvalue weighted by Gasteiger charge is -2.16. The van der Waals surface area contributed by atoms with Crippen LogP contribution in [0.15, 0.2) is 102 Å². The Morgan fingerprint density at radius 3 is 0.952 bits per heavy atom. The second kappa shape index (κ2) is 24.3. The van der Waals surface area contributed by atoms with Crippen LogP contribution in [-0.4, -0.2) is 164 Å². The lowest BCUT2D eigenvalue weighted by atomic mass is 10.1. The Morgan fingerprint density at radius 1 is 0.381 bits per heavy atom. The van der Waals surface area contributed by atoms with Crippen LogP contribution in [0.4, 0.5) is 58.4 Å². The second-order valence-electron chi connectivity index (χ2n) is 16.4. The van der Waals surface area contributed by atoms with Gasteiger partial charge >= 0.3 is 23.9 Å². The van der Waals surface area contributed by atoms with Gasteiger partial charge in [0.05, 0.1) is 34.0 Å². The van der Waals surface area contributed by atoms with Crippen molar-refractivity contribution in [2.75, 3.05) is 31.9 Å². The quantitative estimate of drug-likeness (QED) is 0.0269. The molecule has 38 nitrogen and oxygen atoms in total. The van der Waals surface area contributed by atoms with E-state index >= 15 is 0 Å². The number of anilines is 10. The lowest BCUT2D eigenvalue weighted by Crippen LogP contribution is -2.32. The van der Waals surface area contributed by atoms with Crippen molar-refractivity contribution in [1.29, 1.82) is 0 Å². The number of aliphatic carboxylic acids is 4. The van der Waals surface area contributed by atoms with Gasteiger partial charge in [-0.05, 0) is 71.8 Å². The number of nitrogens with one attached hydrogen (secondary N) is 6. The van der Waals surface area contributed by atoms with Crippen molar-refractivity contribution in [2.24, 2.45) is 0 Å². The van der Waals surface area contributed by atoms with Crippen molar-refractivity contribution in [3.05, 3.63) is 83.9 Å². The molecular formula is C40H36N12O26S6. The normalized spacial score (nSPS) is 13.1. The van der Waals surface area contributed by atoms with Crippen LogP contribution in [0.3, 0.4) is 0 Å². The van der Waals surface area contributed by atoms with Crippen molar-refractivity contribution >= 4 is 155 Å². The van der Waals surface area contributed by atoms with Crippen LogP contribution in [0.5, 0.6) is 0 Å². The first-order chi connectivity index (χ1) is 38.6. The van der Waals surface area contributed by atoms with E-state index in [1.165, 1.54) is 0 Å². The zero-order chi connectivity index (χ0) is 62.7. The zero-order valence-electron chi connectivity index (χ0n) is 40.8. The summed E-state index contributed by atoms with van der Waals surface area (Å²) in [6.45, 7) is 0. The minimum Gasteiger partial charge on any atom is -0.481 e. The number of nitrogens with zero attached hydrogens (tertiary/aromatic N) is 6. The van der Waals surface area contributed by atoms with Gasteiger partial charge in [0.1, 0.15) is 31.7 Å². The van der Waals surface area contributed by atoms with Crippen LogP contribution in [0, 0.1) is 0 Å². The maximum absolute atomic E-state index is 12.8. The summed E-state index contributed by atoms with van der Waals surface area (Å²) in [5, 5.41) is 51.5. The Hall–Kier alpha value is -9.22. The molecule has 0 bridgehead atoms. The number of hydrogen-bond donors (Lipinski definition) is 16. The highest BCUT2D eigenvalue weighted by atomic mass is 32.2. The molecular weight excluding hydrogens is 1260 g/mol. The van der Waals surface area contributed by atoms with Gasteiger partial charge in [0.15, 0.2) is 0 Å². The van der Waals surface area contributed by atoms with E-state index in [9.17, 15) is 117 Å². The minimum absolute atomic E-state index is 0.370. The molecule has 0 aliphatic rings. The van der Waals surface area contributed by atoms with E-state index in [1.54, 1.807) is 0 Å². The summed E-state index contributed by atoms with van der Waals surface area (Å²) >= 11 is 0. The molecule has 44 heteroatoms. The highest BCUT2D eigenvalue weighted by Gasteiger charge is 2.28. The summed E-state index contributed by atoms with van der Waals surface area (Å²) in [6, 6.07) is 4.72. The number of carboxylic acids is 4. The molecule has 16 N–H and O–H groups in total. The number of benzene rings is 4. The van der Waals surface area contributed by atoms with E-state index in [4.69, 9.17) is 0 Å². The van der Waals surface area contributed by atoms with Crippen molar-refractivity contribution in [1.82, 2.24) is 29.9 Å². The zero-order valence-corrected chi connectivity index (χ0v) is 45.7. The molecule has 2 atom stereocenters.